The maximum absolute atomic E-state index is 14.6. The van der Waals surface area contributed by atoms with E-state index >= 15 is 0 Å². The van der Waals surface area contributed by atoms with Crippen LogP contribution in [-0.4, -0.2) is 9.97 Å². The monoisotopic (exact) mass is 363 g/mol. The van der Waals surface area contributed by atoms with E-state index in [1.54, 1.807) is 30.6 Å². The Hall–Kier alpha value is -3.13. The number of nitrogens with zero attached hydrogens (tertiary/aromatic N) is 3. The molecule has 0 saturated heterocycles. The van der Waals surface area contributed by atoms with Crippen LogP contribution in [0.4, 0.5) is 8.78 Å². The normalized spacial score (nSPS) is 10.6. The molecule has 0 bridgehead atoms. The Morgan fingerprint density at radius 3 is 2.26 bits per heavy atom. The van der Waals surface area contributed by atoms with Crippen molar-refractivity contribution < 1.29 is 8.78 Å². The van der Waals surface area contributed by atoms with Gasteiger partial charge in [0.1, 0.15) is 17.7 Å². The first-order valence-electron chi connectivity index (χ1n) is 8.93. The molecule has 0 fully saturated rings. The molecular formula is C22H19F2N3. The molecule has 0 N–H and O–H groups in total. The molecular weight excluding hydrogens is 344 g/mol. The molecule has 1 heterocycles. The molecule has 0 aliphatic rings. The van der Waals surface area contributed by atoms with Crippen LogP contribution in [0.3, 0.4) is 0 Å². The summed E-state index contributed by atoms with van der Waals surface area (Å²) in [6.45, 7) is 2.16. The molecule has 3 rings (SSSR count). The van der Waals surface area contributed by atoms with Crippen molar-refractivity contribution in [2.45, 2.75) is 32.6 Å². The zero-order chi connectivity index (χ0) is 19.2. The molecule has 0 unspecified atom stereocenters. The first-order valence-corrected chi connectivity index (χ1v) is 8.93. The zero-order valence-electron chi connectivity index (χ0n) is 15.0. The summed E-state index contributed by atoms with van der Waals surface area (Å²) in [6, 6.07) is 10.4. The van der Waals surface area contributed by atoms with Gasteiger partial charge in [0.05, 0.1) is 5.56 Å². The standard InChI is InChI=1S/C22H19F2N3/c1-2-3-4-5-15-13-26-22(27-14-15)17-8-9-19(21(24)11-17)16-6-7-18(12-25)20(23)10-16/h6-11,13-14H,2-5H2,1H3. The Kier molecular flexibility index (Phi) is 5.87. The van der Waals surface area contributed by atoms with Gasteiger partial charge < -0.3 is 0 Å². The number of hydrogen-bond donors (Lipinski definition) is 0. The summed E-state index contributed by atoms with van der Waals surface area (Å²) in [7, 11) is 0. The molecule has 2 aromatic carbocycles. The minimum absolute atomic E-state index is 0.0665. The molecule has 0 radical (unpaired) electrons. The SMILES string of the molecule is CCCCCc1cnc(-c2ccc(-c3ccc(C#N)c(F)c3)c(F)c2)nc1. The third-order valence-electron chi connectivity index (χ3n) is 4.40. The van der Waals surface area contributed by atoms with Crippen LogP contribution in [0.2, 0.25) is 0 Å². The third-order valence-corrected chi connectivity index (χ3v) is 4.40. The molecule has 136 valence electrons. The number of unbranched alkanes of at least 4 members (excludes halogenated alkanes) is 2. The van der Waals surface area contributed by atoms with Crippen LogP contribution in [0.15, 0.2) is 48.8 Å². The van der Waals surface area contributed by atoms with Gasteiger partial charge in [0.15, 0.2) is 5.82 Å². The summed E-state index contributed by atoms with van der Waals surface area (Å²) in [5.74, 6) is -0.710. The average Bonchev–Trinajstić information content (AvgIpc) is 2.68. The highest BCUT2D eigenvalue weighted by molar-refractivity contribution is 5.69. The van der Waals surface area contributed by atoms with Crippen molar-refractivity contribution in [1.29, 1.82) is 5.26 Å². The highest BCUT2D eigenvalue weighted by atomic mass is 19.1. The van der Waals surface area contributed by atoms with Gasteiger partial charge in [0.25, 0.3) is 0 Å². The fraction of sp³-hybridized carbons (Fsp3) is 0.227. The largest absolute Gasteiger partial charge is 0.236 e. The second-order valence-corrected chi connectivity index (χ2v) is 6.37. The minimum Gasteiger partial charge on any atom is -0.236 e. The van der Waals surface area contributed by atoms with Crippen LogP contribution in [0.1, 0.15) is 37.3 Å². The van der Waals surface area contributed by atoms with Crippen molar-refractivity contribution in [3.05, 3.63) is 71.6 Å². The van der Waals surface area contributed by atoms with Gasteiger partial charge in [-0.1, -0.05) is 38.0 Å². The molecule has 27 heavy (non-hydrogen) atoms. The van der Waals surface area contributed by atoms with E-state index in [0.717, 1.165) is 30.9 Å². The van der Waals surface area contributed by atoms with Gasteiger partial charge in [-0.25, -0.2) is 18.7 Å². The van der Waals surface area contributed by atoms with Crippen LogP contribution >= 0.6 is 0 Å². The van der Waals surface area contributed by atoms with E-state index < -0.39 is 11.6 Å². The number of aryl methyl sites for hydroxylation is 1. The maximum atomic E-state index is 14.6. The first-order chi connectivity index (χ1) is 13.1. The van der Waals surface area contributed by atoms with Crippen LogP contribution in [-0.2, 0) is 6.42 Å². The van der Waals surface area contributed by atoms with E-state index in [2.05, 4.69) is 16.9 Å². The fourth-order valence-electron chi connectivity index (χ4n) is 2.87. The second kappa shape index (κ2) is 8.50. The fourth-order valence-corrected chi connectivity index (χ4v) is 2.87. The van der Waals surface area contributed by atoms with Gasteiger partial charge in [-0.15, -0.1) is 0 Å². The van der Waals surface area contributed by atoms with E-state index in [0.29, 0.717) is 17.0 Å². The second-order valence-electron chi connectivity index (χ2n) is 6.37. The van der Waals surface area contributed by atoms with Gasteiger partial charge in [-0.3, -0.25) is 0 Å². The first kappa shape index (κ1) is 18.7. The van der Waals surface area contributed by atoms with E-state index in [4.69, 9.17) is 5.26 Å². The van der Waals surface area contributed by atoms with E-state index in [1.165, 1.54) is 24.6 Å². The molecule has 0 spiro atoms. The Morgan fingerprint density at radius 1 is 0.926 bits per heavy atom. The molecule has 3 aromatic rings. The Bertz CT molecular complexity index is 976. The lowest BCUT2D eigenvalue weighted by atomic mass is 10.0. The van der Waals surface area contributed by atoms with Crippen molar-refractivity contribution in [3.63, 3.8) is 0 Å². The van der Waals surface area contributed by atoms with Gasteiger partial charge in [0, 0.05) is 23.5 Å². The predicted octanol–water partition coefficient (Wildman–Crippen LogP) is 5.69. The maximum Gasteiger partial charge on any atom is 0.159 e. The van der Waals surface area contributed by atoms with Crippen molar-refractivity contribution in [3.8, 4) is 28.6 Å². The third kappa shape index (κ3) is 4.35. The summed E-state index contributed by atoms with van der Waals surface area (Å²) < 4.78 is 28.4. The lowest BCUT2D eigenvalue weighted by Gasteiger charge is -2.07. The van der Waals surface area contributed by atoms with E-state index in [-0.39, 0.29) is 11.1 Å². The van der Waals surface area contributed by atoms with E-state index in [9.17, 15) is 8.78 Å². The number of benzene rings is 2. The Balaban J connectivity index is 1.82. The molecule has 0 aliphatic carbocycles. The van der Waals surface area contributed by atoms with Crippen molar-refractivity contribution in [2.24, 2.45) is 0 Å². The molecule has 0 aliphatic heterocycles. The summed E-state index contributed by atoms with van der Waals surface area (Å²) in [5, 5.41) is 8.80. The quantitative estimate of drug-likeness (QED) is 0.528. The number of halogens is 2. The Morgan fingerprint density at radius 2 is 1.63 bits per heavy atom. The summed E-state index contributed by atoms with van der Waals surface area (Å²) in [4.78, 5) is 8.67. The van der Waals surface area contributed by atoms with Gasteiger partial charge in [0.2, 0.25) is 0 Å². The van der Waals surface area contributed by atoms with Gasteiger partial charge in [-0.2, -0.15) is 5.26 Å². The van der Waals surface area contributed by atoms with Gasteiger partial charge >= 0.3 is 0 Å². The van der Waals surface area contributed by atoms with Crippen LogP contribution in [0.5, 0.6) is 0 Å². The summed E-state index contributed by atoms with van der Waals surface area (Å²) in [5.41, 5.74) is 2.20. The van der Waals surface area contributed by atoms with Crippen molar-refractivity contribution >= 4 is 0 Å². The highest BCUT2D eigenvalue weighted by Gasteiger charge is 2.11. The lowest BCUT2D eigenvalue weighted by molar-refractivity contribution is 0.622. The number of nitriles is 1. The zero-order valence-corrected chi connectivity index (χ0v) is 15.0. The number of rotatable bonds is 6. The van der Waals surface area contributed by atoms with E-state index in [1.807, 2.05) is 0 Å². The van der Waals surface area contributed by atoms with Gasteiger partial charge in [-0.05, 0) is 42.2 Å². The van der Waals surface area contributed by atoms with Crippen molar-refractivity contribution in [2.75, 3.05) is 0 Å². The Labute approximate surface area is 157 Å². The van der Waals surface area contributed by atoms with Crippen LogP contribution in [0, 0.1) is 23.0 Å². The molecule has 5 heteroatoms. The molecule has 3 nitrogen and oxygen atoms in total. The topological polar surface area (TPSA) is 49.6 Å². The summed E-state index contributed by atoms with van der Waals surface area (Å²) >= 11 is 0. The minimum atomic E-state index is -0.666. The van der Waals surface area contributed by atoms with Crippen LogP contribution < -0.4 is 0 Å². The lowest BCUT2D eigenvalue weighted by Crippen LogP contribution is -1.95. The smallest absolute Gasteiger partial charge is 0.159 e. The number of aromatic nitrogens is 2. The molecule has 0 saturated carbocycles. The van der Waals surface area contributed by atoms with Crippen LogP contribution in [0.25, 0.3) is 22.5 Å². The molecule has 0 atom stereocenters. The molecule has 1 aromatic heterocycles. The highest BCUT2D eigenvalue weighted by Crippen LogP contribution is 2.28. The average molecular weight is 363 g/mol. The summed E-state index contributed by atoms with van der Waals surface area (Å²) in [6.07, 6.45) is 7.92. The predicted molar refractivity (Wildman–Crippen MR) is 101 cm³/mol. The molecule has 0 amide bonds. The van der Waals surface area contributed by atoms with Crippen molar-refractivity contribution in [1.82, 2.24) is 9.97 Å². The number of hydrogen-bond acceptors (Lipinski definition) is 3.